The number of carbonyl (C=O) groups excluding carboxylic acids is 1. The largest absolute Gasteiger partial charge is 0.481 e. The molecule has 6 nitrogen and oxygen atoms in total. The lowest BCUT2D eigenvalue weighted by molar-refractivity contribution is -0.144. The average molecular weight is 501 g/mol. The van der Waals surface area contributed by atoms with E-state index >= 15 is 0 Å². The monoisotopic (exact) mass is 500 g/mol. The van der Waals surface area contributed by atoms with E-state index in [-0.39, 0.29) is 18.8 Å². The summed E-state index contributed by atoms with van der Waals surface area (Å²) in [4.78, 5) is 30.8. The Kier molecular flexibility index (Phi) is 30.9. The maximum Gasteiger partial charge on any atom is 0.305 e. The van der Waals surface area contributed by atoms with Gasteiger partial charge in [0, 0.05) is 6.42 Å². The standard InChI is InChI=1S/C25H50O2.C4H6O4/c1-3-5-7-9-10-11-12-13-14-15-16-17-18-19-20-22-24-27-25(26)23-21-8-6-4-2;5-3(6)1-2-4(7)8/h3-24H2,1-2H3;1-2H2,(H,5,6)(H,7,8). The number of carboxylic acid groups (broad SMARTS) is 2. The van der Waals surface area contributed by atoms with E-state index in [2.05, 4.69) is 13.8 Å². The quantitative estimate of drug-likeness (QED) is 0.0960. The summed E-state index contributed by atoms with van der Waals surface area (Å²) < 4.78 is 5.30. The minimum absolute atomic E-state index is 0.00654. The third-order valence-corrected chi connectivity index (χ3v) is 6.05. The summed E-state index contributed by atoms with van der Waals surface area (Å²) >= 11 is 0. The van der Waals surface area contributed by atoms with Crippen LogP contribution in [0.3, 0.4) is 0 Å². The van der Waals surface area contributed by atoms with Crippen LogP contribution in [0, 0.1) is 0 Å². The van der Waals surface area contributed by atoms with E-state index in [1.165, 1.54) is 109 Å². The molecular weight excluding hydrogens is 444 g/mol. The van der Waals surface area contributed by atoms with Crippen LogP contribution >= 0.6 is 0 Å². The maximum atomic E-state index is 11.5. The minimum atomic E-state index is -1.08. The van der Waals surface area contributed by atoms with Crippen molar-refractivity contribution in [2.24, 2.45) is 0 Å². The summed E-state index contributed by atoms with van der Waals surface area (Å²) in [7, 11) is 0. The fourth-order valence-corrected chi connectivity index (χ4v) is 3.82. The van der Waals surface area contributed by atoms with Crippen molar-refractivity contribution in [2.45, 2.75) is 162 Å². The van der Waals surface area contributed by atoms with Gasteiger partial charge in [0.25, 0.3) is 0 Å². The Labute approximate surface area is 215 Å². The number of rotatable bonds is 25. The minimum Gasteiger partial charge on any atom is -0.481 e. The Morgan fingerprint density at radius 2 is 0.771 bits per heavy atom. The van der Waals surface area contributed by atoms with Crippen LogP contribution in [0.25, 0.3) is 0 Å². The zero-order valence-electron chi connectivity index (χ0n) is 23.0. The average Bonchev–Trinajstić information content (AvgIpc) is 2.83. The Hall–Kier alpha value is -1.59. The van der Waals surface area contributed by atoms with E-state index in [4.69, 9.17) is 14.9 Å². The van der Waals surface area contributed by atoms with Gasteiger partial charge in [-0.05, 0) is 12.8 Å². The lowest BCUT2D eigenvalue weighted by Gasteiger charge is -2.05. The van der Waals surface area contributed by atoms with E-state index in [9.17, 15) is 14.4 Å². The van der Waals surface area contributed by atoms with Crippen molar-refractivity contribution in [1.82, 2.24) is 0 Å². The first kappa shape index (κ1) is 35.6. The number of aliphatic carboxylic acids is 2. The summed E-state index contributed by atoms with van der Waals surface area (Å²) in [6, 6.07) is 0. The lowest BCUT2D eigenvalue weighted by atomic mass is 10.0. The Balaban J connectivity index is 0. The third-order valence-electron chi connectivity index (χ3n) is 6.05. The molecule has 0 aromatic rings. The molecule has 0 fully saturated rings. The van der Waals surface area contributed by atoms with Crippen molar-refractivity contribution in [3.63, 3.8) is 0 Å². The Morgan fingerprint density at radius 3 is 1.11 bits per heavy atom. The van der Waals surface area contributed by atoms with Crippen LogP contribution in [0.4, 0.5) is 0 Å². The van der Waals surface area contributed by atoms with E-state index in [1.54, 1.807) is 0 Å². The molecule has 0 spiro atoms. The van der Waals surface area contributed by atoms with Gasteiger partial charge in [-0.3, -0.25) is 14.4 Å². The van der Waals surface area contributed by atoms with Crippen molar-refractivity contribution >= 4 is 17.9 Å². The first-order valence-corrected chi connectivity index (χ1v) is 14.5. The van der Waals surface area contributed by atoms with Crippen molar-refractivity contribution in [2.75, 3.05) is 6.61 Å². The molecule has 0 rings (SSSR count). The normalized spacial score (nSPS) is 10.5. The van der Waals surface area contributed by atoms with Gasteiger partial charge < -0.3 is 14.9 Å². The molecule has 0 atom stereocenters. The number of unbranched alkanes of at least 4 members (excludes halogenated alkanes) is 18. The van der Waals surface area contributed by atoms with Crippen molar-refractivity contribution in [3.05, 3.63) is 0 Å². The Morgan fingerprint density at radius 1 is 0.457 bits per heavy atom. The molecule has 208 valence electrons. The summed E-state index contributed by atoms with van der Waals surface area (Å²) in [5, 5.41) is 15.8. The molecule has 0 radical (unpaired) electrons. The third kappa shape index (κ3) is 37.1. The van der Waals surface area contributed by atoms with Crippen LogP contribution in [-0.4, -0.2) is 34.7 Å². The second kappa shape index (κ2) is 30.4. The molecule has 0 saturated carbocycles. The molecule has 6 heteroatoms. The number of ether oxygens (including phenoxy) is 1. The van der Waals surface area contributed by atoms with Gasteiger partial charge in [0.05, 0.1) is 19.4 Å². The second-order valence-electron chi connectivity index (χ2n) is 9.62. The molecule has 0 unspecified atom stereocenters. The molecule has 0 saturated heterocycles. The van der Waals surface area contributed by atoms with Gasteiger partial charge >= 0.3 is 17.9 Å². The highest BCUT2D eigenvalue weighted by atomic mass is 16.5. The van der Waals surface area contributed by atoms with E-state index in [1.807, 2.05) is 0 Å². The van der Waals surface area contributed by atoms with Crippen LogP contribution in [0.15, 0.2) is 0 Å². The van der Waals surface area contributed by atoms with Crippen LogP contribution in [0.2, 0.25) is 0 Å². The highest BCUT2D eigenvalue weighted by molar-refractivity contribution is 5.75. The van der Waals surface area contributed by atoms with Crippen molar-refractivity contribution < 1.29 is 29.3 Å². The van der Waals surface area contributed by atoms with Crippen molar-refractivity contribution in [3.8, 4) is 0 Å². The molecule has 0 aliphatic carbocycles. The summed E-state index contributed by atoms with van der Waals surface area (Å²) in [6.45, 7) is 5.11. The molecule has 35 heavy (non-hydrogen) atoms. The first-order chi connectivity index (χ1) is 16.9. The molecular formula is C29H56O6. The summed E-state index contributed by atoms with van der Waals surface area (Å²) in [5.41, 5.74) is 0. The second-order valence-corrected chi connectivity index (χ2v) is 9.62. The molecule has 0 bridgehead atoms. The van der Waals surface area contributed by atoms with Gasteiger partial charge in [-0.15, -0.1) is 0 Å². The van der Waals surface area contributed by atoms with Crippen molar-refractivity contribution in [1.29, 1.82) is 0 Å². The predicted octanol–water partition coefficient (Wildman–Crippen LogP) is 8.70. The molecule has 0 heterocycles. The van der Waals surface area contributed by atoms with E-state index < -0.39 is 11.9 Å². The number of carboxylic acids is 2. The molecule has 0 aliphatic rings. The van der Waals surface area contributed by atoms with Crippen LogP contribution in [-0.2, 0) is 19.1 Å². The summed E-state index contributed by atoms with van der Waals surface area (Å²) in [6.07, 6.45) is 26.6. The highest BCUT2D eigenvalue weighted by Crippen LogP contribution is 2.13. The topological polar surface area (TPSA) is 101 Å². The molecule has 0 aromatic carbocycles. The van der Waals surface area contributed by atoms with Gasteiger partial charge in [0.1, 0.15) is 0 Å². The van der Waals surface area contributed by atoms with Gasteiger partial charge in [-0.2, -0.15) is 0 Å². The maximum absolute atomic E-state index is 11.5. The summed E-state index contributed by atoms with van der Waals surface area (Å²) in [5.74, 6) is -2.15. The predicted molar refractivity (Wildman–Crippen MR) is 144 cm³/mol. The fourth-order valence-electron chi connectivity index (χ4n) is 3.82. The van der Waals surface area contributed by atoms with E-state index in [0.717, 1.165) is 19.3 Å². The Bertz CT molecular complexity index is 464. The zero-order chi connectivity index (χ0) is 26.4. The van der Waals surface area contributed by atoms with E-state index in [0.29, 0.717) is 13.0 Å². The molecule has 0 aliphatic heterocycles. The smallest absolute Gasteiger partial charge is 0.305 e. The highest BCUT2D eigenvalue weighted by Gasteiger charge is 2.02. The molecule has 0 aromatic heterocycles. The fraction of sp³-hybridized carbons (Fsp3) is 0.897. The van der Waals surface area contributed by atoms with Gasteiger partial charge in [0.2, 0.25) is 0 Å². The zero-order valence-corrected chi connectivity index (χ0v) is 23.0. The number of esters is 1. The van der Waals surface area contributed by atoms with Crippen LogP contribution in [0.5, 0.6) is 0 Å². The van der Waals surface area contributed by atoms with Gasteiger partial charge in [0.15, 0.2) is 0 Å². The molecule has 0 amide bonds. The SMILES string of the molecule is CCCCCCCCCCCCCCCCCCOC(=O)CCCCCC.O=C(O)CCC(=O)O. The lowest BCUT2D eigenvalue weighted by Crippen LogP contribution is -2.05. The van der Waals surface area contributed by atoms with Gasteiger partial charge in [-0.25, -0.2) is 0 Å². The number of hydrogen-bond acceptors (Lipinski definition) is 4. The van der Waals surface area contributed by atoms with Crippen LogP contribution in [0.1, 0.15) is 162 Å². The van der Waals surface area contributed by atoms with Crippen LogP contribution < -0.4 is 0 Å². The molecule has 2 N–H and O–H groups in total. The first-order valence-electron chi connectivity index (χ1n) is 14.5. The van der Waals surface area contributed by atoms with Gasteiger partial charge in [-0.1, -0.05) is 129 Å². The number of carbonyl (C=O) groups is 3. The number of hydrogen-bond donors (Lipinski definition) is 2.